The van der Waals surface area contributed by atoms with Crippen LogP contribution in [0.25, 0.3) is 5.69 Å². The minimum Gasteiger partial charge on any atom is -0.299 e. The highest BCUT2D eigenvalue weighted by Gasteiger charge is 2.24. The molecule has 152 valence electrons. The summed E-state index contributed by atoms with van der Waals surface area (Å²) in [4.78, 5) is 2.42. The molecule has 1 aromatic heterocycles. The van der Waals surface area contributed by atoms with E-state index in [4.69, 9.17) is 0 Å². The summed E-state index contributed by atoms with van der Waals surface area (Å²) in [7, 11) is -3.62. The first-order chi connectivity index (χ1) is 14.0. The van der Waals surface area contributed by atoms with E-state index in [1.54, 1.807) is 6.20 Å². The zero-order chi connectivity index (χ0) is 20.3. The number of sulfonamides is 1. The summed E-state index contributed by atoms with van der Waals surface area (Å²) in [6.07, 6.45) is 5.15. The van der Waals surface area contributed by atoms with Crippen molar-refractivity contribution in [1.29, 1.82) is 0 Å². The molecule has 0 atom stereocenters. The zero-order valence-corrected chi connectivity index (χ0v) is 16.7. The van der Waals surface area contributed by atoms with Crippen LogP contribution in [0.4, 0.5) is 4.39 Å². The average molecular weight is 415 g/mol. The van der Waals surface area contributed by atoms with Crippen LogP contribution in [0, 0.1) is 5.82 Å². The molecule has 0 unspecified atom stereocenters. The van der Waals surface area contributed by atoms with E-state index in [1.807, 2.05) is 29.1 Å². The lowest BCUT2D eigenvalue weighted by Gasteiger charge is -2.32. The van der Waals surface area contributed by atoms with Gasteiger partial charge in [-0.15, -0.1) is 0 Å². The summed E-state index contributed by atoms with van der Waals surface area (Å²) in [5.41, 5.74) is 2.24. The summed E-state index contributed by atoms with van der Waals surface area (Å²) in [6.45, 7) is 2.46. The Morgan fingerprint density at radius 2 is 1.72 bits per heavy atom. The maximum atomic E-state index is 13.0. The molecule has 4 rings (SSSR count). The molecule has 0 saturated carbocycles. The fraction of sp³-hybridized carbons (Fsp3) is 0.286. The number of likely N-dealkylation sites (tertiary alicyclic amines) is 1. The second-order valence-electron chi connectivity index (χ2n) is 7.24. The second-order valence-corrected chi connectivity index (χ2v) is 8.96. The Labute approximate surface area is 170 Å². The maximum Gasteiger partial charge on any atom is 0.240 e. The van der Waals surface area contributed by atoms with Gasteiger partial charge in [-0.3, -0.25) is 4.90 Å². The summed E-state index contributed by atoms with van der Waals surface area (Å²) in [5, 5.41) is 4.23. The molecule has 0 bridgehead atoms. The Morgan fingerprint density at radius 3 is 2.34 bits per heavy atom. The third kappa shape index (κ3) is 4.90. The van der Waals surface area contributed by atoms with E-state index in [0.29, 0.717) is 0 Å². The molecule has 2 heterocycles. The fourth-order valence-electron chi connectivity index (χ4n) is 3.54. The molecular formula is C21H23FN4O2S. The molecule has 0 amide bonds. The van der Waals surface area contributed by atoms with Crippen molar-refractivity contribution in [3.8, 4) is 5.69 Å². The highest BCUT2D eigenvalue weighted by molar-refractivity contribution is 7.89. The number of halogens is 1. The van der Waals surface area contributed by atoms with E-state index in [-0.39, 0.29) is 10.9 Å². The molecule has 0 radical (unpaired) electrons. The van der Waals surface area contributed by atoms with Gasteiger partial charge in [0.05, 0.1) is 10.6 Å². The van der Waals surface area contributed by atoms with Crippen molar-refractivity contribution in [2.45, 2.75) is 30.3 Å². The first-order valence-corrected chi connectivity index (χ1v) is 11.1. The molecule has 3 aromatic rings. The van der Waals surface area contributed by atoms with Crippen molar-refractivity contribution < 1.29 is 12.8 Å². The summed E-state index contributed by atoms with van der Waals surface area (Å²) in [5.74, 6) is -0.449. The number of benzene rings is 2. The van der Waals surface area contributed by atoms with Gasteiger partial charge in [0, 0.05) is 38.1 Å². The van der Waals surface area contributed by atoms with Gasteiger partial charge in [0.15, 0.2) is 0 Å². The number of aromatic nitrogens is 2. The molecule has 1 aliphatic heterocycles. The van der Waals surface area contributed by atoms with Crippen molar-refractivity contribution in [1.82, 2.24) is 19.4 Å². The average Bonchev–Trinajstić information content (AvgIpc) is 3.25. The standard InChI is InChI=1S/C21H23FN4O2S/c22-18-4-8-21(9-5-18)29(27,28)24-19-10-14-25(15-11-19)16-17-2-6-20(7-3-17)26-13-1-12-23-26/h1-9,12-13,19,24H,10-11,14-16H2. The van der Waals surface area contributed by atoms with Gasteiger partial charge in [-0.25, -0.2) is 22.2 Å². The number of hydrogen-bond acceptors (Lipinski definition) is 4. The van der Waals surface area contributed by atoms with Gasteiger partial charge in [-0.05, 0) is 60.9 Å². The van der Waals surface area contributed by atoms with Gasteiger partial charge in [-0.2, -0.15) is 5.10 Å². The van der Waals surface area contributed by atoms with E-state index in [0.717, 1.165) is 50.3 Å². The van der Waals surface area contributed by atoms with E-state index in [9.17, 15) is 12.8 Å². The Hall–Kier alpha value is -2.55. The molecule has 1 fully saturated rings. The highest BCUT2D eigenvalue weighted by atomic mass is 32.2. The normalized spacial score (nSPS) is 16.2. The lowest BCUT2D eigenvalue weighted by molar-refractivity contribution is 0.200. The van der Waals surface area contributed by atoms with Crippen molar-refractivity contribution in [3.63, 3.8) is 0 Å². The summed E-state index contributed by atoms with van der Waals surface area (Å²) >= 11 is 0. The molecule has 1 aliphatic rings. The van der Waals surface area contributed by atoms with Gasteiger partial charge in [0.1, 0.15) is 5.82 Å². The molecular weight excluding hydrogens is 391 g/mol. The van der Waals surface area contributed by atoms with Gasteiger partial charge in [0.25, 0.3) is 0 Å². The number of rotatable bonds is 6. The first kappa shape index (κ1) is 19.8. The van der Waals surface area contributed by atoms with Crippen molar-refractivity contribution in [3.05, 3.63) is 78.4 Å². The molecule has 29 heavy (non-hydrogen) atoms. The lowest BCUT2D eigenvalue weighted by Crippen LogP contribution is -2.44. The van der Waals surface area contributed by atoms with Crippen LogP contribution in [-0.2, 0) is 16.6 Å². The summed E-state index contributed by atoms with van der Waals surface area (Å²) < 4.78 is 42.5. The monoisotopic (exact) mass is 414 g/mol. The van der Waals surface area contributed by atoms with Crippen molar-refractivity contribution in [2.24, 2.45) is 0 Å². The molecule has 2 aromatic carbocycles. The first-order valence-electron chi connectivity index (χ1n) is 9.59. The third-order valence-electron chi connectivity index (χ3n) is 5.14. The maximum absolute atomic E-state index is 13.0. The van der Waals surface area contributed by atoms with E-state index < -0.39 is 15.8 Å². The molecule has 1 saturated heterocycles. The van der Waals surface area contributed by atoms with Crippen LogP contribution in [0.1, 0.15) is 18.4 Å². The topological polar surface area (TPSA) is 67.2 Å². The fourth-order valence-corrected chi connectivity index (χ4v) is 4.85. The van der Waals surface area contributed by atoms with Crippen LogP contribution in [-0.4, -0.2) is 42.2 Å². The van der Waals surface area contributed by atoms with Gasteiger partial charge < -0.3 is 0 Å². The van der Waals surface area contributed by atoms with Crippen LogP contribution < -0.4 is 4.72 Å². The lowest BCUT2D eigenvalue weighted by atomic mass is 10.1. The molecule has 0 spiro atoms. The Kier molecular flexibility index (Phi) is 5.75. The molecule has 0 aliphatic carbocycles. The van der Waals surface area contributed by atoms with Crippen LogP contribution in [0.3, 0.4) is 0 Å². The minimum atomic E-state index is -3.62. The Bertz CT molecular complexity index is 1030. The number of nitrogens with one attached hydrogen (secondary N) is 1. The van der Waals surface area contributed by atoms with Crippen LogP contribution in [0.15, 0.2) is 71.9 Å². The smallest absolute Gasteiger partial charge is 0.240 e. The van der Waals surface area contributed by atoms with Crippen molar-refractivity contribution in [2.75, 3.05) is 13.1 Å². The number of hydrogen-bond donors (Lipinski definition) is 1. The summed E-state index contributed by atoms with van der Waals surface area (Å²) in [6, 6.07) is 15.0. The van der Waals surface area contributed by atoms with Crippen LogP contribution >= 0.6 is 0 Å². The van der Waals surface area contributed by atoms with Crippen molar-refractivity contribution >= 4 is 10.0 Å². The Balaban J connectivity index is 1.30. The molecule has 8 heteroatoms. The van der Waals surface area contributed by atoms with Gasteiger partial charge in [-0.1, -0.05) is 12.1 Å². The number of nitrogens with zero attached hydrogens (tertiary/aromatic N) is 3. The predicted octanol–water partition coefficient (Wildman–Crippen LogP) is 2.95. The highest BCUT2D eigenvalue weighted by Crippen LogP contribution is 2.18. The van der Waals surface area contributed by atoms with E-state index >= 15 is 0 Å². The van der Waals surface area contributed by atoms with Crippen LogP contribution in [0.2, 0.25) is 0 Å². The Morgan fingerprint density at radius 1 is 1.03 bits per heavy atom. The zero-order valence-electron chi connectivity index (χ0n) is 15.9. The molecule has 6 nitrogen and oxygen atoms in total. The largest absolute Gasteiger partial charge is 0.299 e. The third-order valence-corrected chi connectivity index (χ3v) is 6.68. The quantitative estimate of drug-likeness (QED) is 0.674. The second kappa shape index (κ2) is 8.44. The SMILES string of the molecule is O=S(=O)(NC1CCN(Cc2ccc(-n3cccn3)cc2)CC1)c1ccc(F)cc1. The predicted molar refractivity (Wildman–Crippen MR) is 109 cm³/mol. The minimum absolute atomic E-state index is 0.0959. The van der Waals surface area contributed by atoms with Gasteiger partial charge in [0.2, 0.25) is 10.0 Å². The van der Waals surface area contributed by atoms with Crippen LogP contribution in [0.5, 0.6) is 0 Å². The number of piperidine rings is 1. The molecule has 1 N–H and O–H groups in total. The van der Waals surface area contributed by atoms with Gasteiger partial charge >= 0.3 is 0 Å². The van der Waals surface area contributed by atoms with E-state index in [2.05, 4.69) is 26.9 Å². The van der Waals surface area contributed by atoms with E-state index in [1.165, 1.54) is 17.7 Å².